The minimum Gasteiger partial charge on any atom is -0.286 e. The highest BCUT2D eigenvalue weighted by Crippen LogP contribution is 2.33. The molecule has 1 aromatic heterocycles. The first kappa shape index (κ1) is 23.0. The van der Waals surface area contributed by atoms with Crippen molar-refractivity contribution in [3.63, 3.8) is 0 Å². The summed E-state index contributed by atoms with van der Waals surface area (Å²) in [6.07, 6.45) is 2.08. The van der Waals surface area contributed by atoms with E-state index in [0.717, 1.165) is 38.1 Å². The zero-order chi connectivity index (χ0) is 24.4. The summed E-state index contributed by atoms with van der Waals surface area (Å²) in [6, 6.07) is 33.8. The number of fused-ring (bicyclic) bond motifs is 1. The first-order valence-electron chi connectivity index (χ1n) is 11.7. The third kappa shape index (κ3) is 4.62. The normalized spacial score (nSPS) is 13.0. The van der Waals surface area contributed by atoms with Crippen LogP contribution >= 0.6 is 0 Å². The summed E-state index contributed by atoms with van der Waals surface area (Å²) in [4.78, 5) is 15.2. The summed E-state index contributed by atoms with van der Waals surface area (Å²) >= 11 is 0. The van der Waals surface area contributed by atoms with Crippen LogP contribution in [0.3, 0.4) is 0 Å². The van der Waals surface area contributed by atoms with Gasteiger partial charge in [-0.25, -0.2) is 4.21 Å². The van der Waals surface area contributed by atoms with E-state index in [1.54, 1.807) is 10.8 Å². The van der Waals surface area contributed by atoms with Crippen LogP contribution in [-0.2, 0) is 10.8 Å². The van der Waals surface area contributed by atoms with Crippen LogP contribution in [0.25, 0.3) is 10.9 Å². The molecule has 4 heteroatoms. The molecule has 0 fully saturated rings. The highest BCUT2D eigenvalue weighted by atomic mass is 32.2. The average molecular weight is 478 g/mol. The van der Waals surface area contributed by atoms with Crippen LogP contribution < -0.4 is 0 Å². The number of nitrogens with zero attached hydrogens (tertiary/aromatic N) is 1. The van der Waals surface area contributed by atoms with E-state index in [2.05, 4.69) is 31.2 Å². The van der Waals surface area contributed by atoms with E-state index in [0.29, 0.717) is 11.3 Å². The second-order valence-corrected chi connectivity index (χ2v) is 10.3. The fraction of sp³-hybridized carbons (Fsp3) is 0.129. The smallest absolute Gasteiger partial charge is 0.232 e. The van der Waals surface area contributed by atoms with Crippen molar-refractivity contribution in [3.8, 4) is 0 Å². The molecule has 0 aliphatic heterocycles. The molecule has 35 heavy (non-hydrogen) atoms. The Hall–Kier alpha value is -3.76. The van der Waals surface area contributed by atoms with Crippen LogP contribution in [0.2, 0.25) is 0 Å². The number of carbonyl (C=O) groups is 1. The largest absolute Gasteiger partial charge is 0.286 e. The fourth-order valence-electron chi connectivity index (χ4n) is 4.63. The van der Waals surface area contributed by atoms with E-state index in [1.807, 2.05) is 85.8 Å². The number of carbonyl (C=O) groups excluding carboxylic acids is 1. The first-order chi connectivity index (χ1) is 17.0. The van der Waals surface area contributed by atoms with Gasteiger partial charge in [0, 0.05) is 28.8 Å². The Morgan fingerprint density at radius 2 is 1.46 bits per heavy atom. The third-order valence-corrected chi connectivity index (χ3v) is 7.95. The van der Waals surface area contributed by atoms with Gasteiger partial charge in [0.1, 0.15) is 0 Å². The SMILES string of the molecule is Cc1ccc(S(=O)c2cn(C(=O)C[C@@H](c3ccccc3)c3ccccc3C)c3ccccc23)cc1. The molecular formula is C31H27NO2S. The summed E-state index contributed by atoms with van der Waals surface area (Å²) in [5.74, 6) is -0.0948. The number of hydrogen-bond donors (Lipinski definition) is 0. The molecule has 0 amide bonds. The zero-order valence-corrected chi connectivity index (χ0v) is 20.7. The van der Waals surface area contributed by atoms with Crippen molar-refractivity contribution in [1.82, 2.24) is 4.57 Å². The molecule has 0 saturated heterocycles. The van der Waals surface area contributed by atoms with Crippen molar-refractivity contribution in [3.05, 3.63) is 132 Å². The van der Waals surface area contributed by atoms with E-state index in [1.165, 1.54) is 0 Å². The van der Waals surface area contributed by atoms with E-state index in [9.17, 15) is 9.00 Å². The van der Waals surface area contributed by atoms with Gasteiger partial charge in [0.25, 0.3) is 0 Å². The van der Waals surface area contributed by atoms with Crippen LogP contribution in [0.15, 0.2) is 119 Å². The molecule has 0 saturated carbocycles. The number of benzene rings is 4. The second-order valence-electron chi connectivity index (χ2n) is 8.88. The maximum absolute atomic E-state index is 13.8. The average Bonchev–Trinajstić information content (AvgIpc) is 3.28. The predicted molar refractivity (Wildman–Crippen MR) is 142 cm³/mol. The first-order valence-corrected chi connectivity index (χ1v) is 12.9. The topological polar surface area (TPSA) is 39.1 Å². The van der Waals surface area contributed by atoms with Crippen LogP contribution in [0, 0.1) is 13.8 Å². The number of rotatable bonds is 6. The molecule has 0 N–H and O–H groups in total. The van der Waals surface area contributed by atoms with Crippen molar-refractivity contribution < 1.29 is 9.00 Å². The van der Waals surface area contributed by atoms with E-state index < -0.39 is 10.8 Å². The molecule has 174 valence electrons. The van der Waals surface area contributed by atoms with Gasteiger partial charge in [-0.3, -0.25) is 9.36 Å². The van der Waals surface area contributed by atoms with Gasteiger partial charge in [0.15, 0.2) is 0 Å². The van der Waals surface area contributed by atoms with E-state index in [-0.39, 0.29) is 11.8 Å². The molecule has 4 aromatic carbocycles. The highest BCUT2D eigenvalue weighted by Gasteiger charge is 2.23. The molecule has 5 rings (SSSR count). The fourth-order valence-corrected chi connectivity index (χ4v) is 5.85. The molecule has 0 bridgehead atoms. The van der Waals surface area contributed by atoms with Gasteiger partial charge in [0.2, 0.25) is 5.91 Å². The molecular weight excluding hydrogens is 450 g/mol. The molecule has 0 aliphatic carbocycles. The lowest BCUT2D eigenvalue weighted by Crippen LogP contribution is -2.15. The van der Waals surface area contributed by atoms with Crippen molar-refractivity contribution in [2.24, 2.45) is 0 Å². The molecule has 5 aromatic rings. The molecule has 2 atom stereocenters. The Balaban J connectivity index is 1.56. The molecule has 0 radical (unpaired) electrons. The number of aryl methyl sites for hydroxylation is 2. The Kier molecular flexibility index (Phi) is 6.47. The summed E-state index contributed by atoms with van der Waals surface area (Å²) in [6.45, 7) is 4.10. The van der Waals surface area contributed by atoms with Gasteiger partial charge >= 0.3 is 0 Å². The number of aromatic nitrogens is 1. The molecule has 0 spiro atoms. The Bertz CT molecular complexity index is 1520. The van der Waals surface area contributed by atoms with Crippen molar-refractivity contribution in [1.29, 1.82) is 0 Å². The Morgan fingerprint density at radius 1 is 0.800 bits per heavy atom. The van der Waals surface area contributed by atoms with Gasteiger partial charge in [-0.05, 0) is 48.7 Å². The van der Waals surface area contributed by atoms with Crippen molar-refractivity contribution >= 4 is 27.6 Å². The van der Waals surface area contributed by atoms with Gasteiger partial charge in [-0.1, -0.05) is 90.5 Å². The summed E-state index contributed by atoms with van der Waals surface area (Å²) in [5.41, 5.74) is 5.31. The third-order valence-electron chi connectivity index (χ3n) is 6.52. The van der Waals surface area contributed by atoms with Crippen LogP contribution in [-0.4, -0.2) is 14.7 Å². The van der Waals surface area contributed by atoms with E-state index >= 15 is 0 Å². The van der Waals surface area contributed by atoms with Gasteiger partial charge < -0.3 is 0 Å². The zero-order valence-electron chi connectivity index (χ0n) is 19.8. The summed E-state index contributed by atoms with van der Waals surface area (Å²) < 4.78 is 15.2. The minimum absolute atomic E-state index is 0.0227. The van der Waals surface area contributed by atoms with Gasteiger partial charge in [-0.2, -0.15) is 0 Å². The highest BCUT2D eigenvalue weighted by molar-refractivity contribution is 7.85. The standard InChI is InChI=1S/C31H27NO2S/c1-22-16-18-25(19-17-22)35(34)30-21-32(29-15-9-8-14-27(29)30)31(33)20-28(24-11-4-3-5-12-24)26-13-7-6-10-23(26)2/h3-19,21,28H,20H2,1-2H3/t28-,35?/m0/s1. The van der Waals surface area contributed by atoms with Crippen LogP contribution in [0.5, 0.6) is 0 Å². The molecule has 1 unspecified atom stereocenters. The van der Waals surface area contributed by atoms with Gasteiger partial charge in [0.05, 0.1) is 21.2 Å². The Labute approximate surface area is 208 Å². The summed E-state index contributed by atoms with van der Waals surface area (Å²) in [7, 11) is -1.39. The number of para-hydroxylation sites is 1. The van der Waals surface area contributed by atoms with Crippen molar-refractivity contribution in [2.45, 2.75) is 36.0 Å². The quantitative estimate of drug-likeness (QED) is 0.258. The van der Waals surface area contributed by atoms with Crippen LogP contribution in [0.1, 0.15) is 39.4 Å². The molecule has 0 aliphatic rings. The lowest BCUT2D eigenvalue weighted by atomic mass is 9.86. The predicted octanol–water partition coefficient (Wildman–Crippen LogP) is 7.29. The number of hydrogen-bond acceptors (Lipinski definition) is 2. The van der Waals surface area contributed by atoms with Crippen LogP contribution in [0.4, 0.5) is 0 Å². The van der Waals surface area contributed by atoms with Crippen molar-refractivity contribution in [2.75, 3.05) is 0 Å². The Morgan fingerprint density at radius 3 is 2.20 bits per heavy atom. The maximum Gasteiger partial charge on any atom is 0.232 e. The maximum atomic E-state index is 13.8. The minimum atomic E-state index is -1.39. The summed E-state index contributed by atoms with van der Waals surface area (Å²) in [5, 5.41) is 0.840. The lowest BCUT2D eigenvalue weighted by molar-refractivity contribution is 0.0902. The monoisotopic (exact) mass is 477 g/mol. The molecule has 3 nitrogen and oxygen atoms in total. The lowest BCUT2D eigenvalue weighted by Gasteiger charge is -2.20. The van der Waals surface area contributed by atoms with E-state index in [4.69, 9.17) is 0 Å². The second kappa shape index (κ2) is 9.85. The molecule has 1 heterocycles. The van der Waals surface area contributed by atoms with Gasteiger partial charge in [-0.15, -0.1) is 0 Å².